The van der Waals surface area contributed by atoms with Gasteiger partial charge >= 0.3 is 39.5 Å². The summed E-state index contributed by atoms with van der Waals surface area (Å²) in [6.45, 7) is 14.3. The number of esters is 4. The fourth-order valence-electron chi connectivity index (χ4n) is 12.7. The van der Waals surface area contributed by atoms with Gasteiger partial charge in [0.2, 0.25) is 0 Å². The third-order valence-corrected chi connectivity index (χ3v) is 21.9. The third kappa shape index (κ3) is 73.6. The summed E-state index contributed by atoms with van der Waals surface area (Å²) in [5, 5.41) is 10.6. The highest BCUT2D eigenvalue weighted by molar-refractivity contribution is 7.47. The smallest absolute Gasteiger partial charge is 0.462 e. The van der Waals surface area contributed by atoms with Crippen LogP contribution in [0.15, 0.2) is 0 Å². The topological polar surface area (TPSA) is 237 Å². The molecule has 0 heterocycles. The molecule has 0 fully saturated rings. The van der Waals surface area contributed by atoms with Crippen molar-refractivity contribution in [2.45, 2.75) is 446 Å². The van der Waals surface area contributed by atoms with E-state index in [4.69, 9.17) is 37.0 Å². The van der Waals surface area contributed by atoms with E-state index >= 15 is 0 Å². The van der Waals surface area contributed by atoms with Gasteiger partial charge in [0.1, 0.15) is 19.3 Å². The standard InChI is InChI=1S/C83H162O17P2/c1-9-75(7)61-53-45-37-31-25-21-17-13-11-12-14-18-22-26-32-39-49-57-65-82(87)99-78(69-93-80(85)63-55-47-38-34-28-30-36-44-52-60-74(5)6)71-97-101(89,90)95-67-77(84)68-96-102(91,92)98-72-79(70-94-81(86)64-56-48-42-41-46-54-62-76(8)10-2)100-83(88)66-58-50-40-33-27-23-19-15-16-20-24-29-35-43-51-59-73(3)4/h73-79,84H,9-72H2,1-8H3,(H,89,90)(H,91,92)/t75?,76?,77-,78-,79-/m1/s1. The van der Waals surface area contributed by atoms with Gasteiger partial charge in [-0.3, -0.25) is 37.3 Å². The first-order chi connectivity index (χ1) is 49.2. The average Bonchev–Trinajstić information content (AvgIpc) is 0.906. The van der Waals surface area contributed by atoms with Crippen LogP contribution in [0.25, 0.3) is 0 Å². The minimum atomic E-state index is -4.96. The van der Waals surface area contributed by atoms with Crippen LogP contribution in [0, 0.1) is 23.7 Å². The number of hydrogen-bond acceptors (Lipinski definition) is 15. The van der Waals surface area contributed by atoms with Gasteiger partial charge in [0.25, 0.3) is 0 Å². The molecule has 0 amide bonds. The van der Waals surface area contributed by atoms with Crippen LogP contribution < -0.4 is 0 Å². The number of carbonyl (C=O) groups is 4. The van der Waals surface area contributed by atoms with E-state index in [2.05, 4.69) is 55.4 Å². The van der Waals surface area contributed by atoms with E-state index in [1.54, 1.807) is 0 Å². The van der Waals surface area contributed by atoms with Crippen LogP contribution >= 0.6 is 15.6 Å². The SMILES string of the molecule is CCC(C)CCCCCCCCCCCCCCCCCCCCC(=O)O[C@H](COC(=O)CCCCCCCCCCCC(C)C)COP(=O)(O)OC[C@@H](O)COP(=O)(O)OC[C@@H](COC(=O)CCCCCCCCC(C)CC)OC(=O)CCCCCCCCCCCCCCCCCC(C)C. The zero-order valence-electron chi connectivity index (χ0n) is 67.2. The molecule has 606 valence electrons. The highest BCUT2D eigenvalue weighted by atomic mass is 31.2. The Labute approximate surface area is 626 Å². The van der Waals surface area contributed by atoms with Crippen molar-refractivity contribution >= 4 is 39.5 Å². The van der Waals surface area contributed by atoms with Crippen LogP contribution in [-0.4, -0.2) is 96.7 Å². The molecule has 0 aromatic heterocycles. The average molecular weight is 1490 g/mol. The van der Waals surface area contributed by atoms with Crippen molar-refractivity contribution in [3.8, 4) is 0 Å². The number of unbranched alkanes of at least 4 members (excludes halogenated alkanes) is 44. The molecule has 19 heteroatoms. The number of aliphatic hydroxyl groups excluding tert-OH is 1. The summed E-state index contributed by atoms with van der Waals surface area (Å²) in [7, 11) is -9.92. The van der Waals surface area contributed by atoms with E-state index in [-0.39, 0.29) is 25.7 Å². The lowest BCUT2D eigenvalue weighted by atomic mass is 9.99. The van der Waals surface area contributed by atoms with Crippen LogP contribution in [0.1, 0.15) is 428 Å². The van der Waals surface area contributed by atoms with Crippen molar-refractivity contribution in [3.05, 3.63) is 0 Å². The molecule has 0 rings (SSSR count). The first-order valence-corrected chi connectivity index (χ1v) is 45.8. The summed E-state index contributed by atoms with van der Waals surface area (Å²) in [5.74, 6) is 1.03. The van der Waals surface area contributed by atoms with Gasteiger partial charge in [-0.15, -0.1) is 0 Å². The molecule has 0 spiro atoms. The van der Waals surface area contributed by atoms with Crippen LogP contribution in [0.4, 0.5) is 0 Å². The lowest BCUT2D eigenvalue weighted by molar-refractivity contribution is -0.161. The first kappa shape index (κ1) is 100. The number of aliphatic hydroxyl groups is 1. The molecule has 0 aliphatic rings. The maximum absolute atomic E-state index is 13.1. The maximum atomic E-state index is 13.1. The molecule has 0 saturated heterocycles. The monoisotopic (exact) mass is 1490 g/mol. The molecule has 0 aromatic rings. The number of phosphoric ester groups is 2. The van der Waals surface area contributed by atoms with Crippen LogP contribution in [0.3, 0.4) is 0 Å². The van der Waals surface area contributed by atoms with E-state index < -0.39 is 97.5 Å². The fraction of sp³-hybridized carbons (Fsp3) is 0.952. The molecule has 4 unspecified atom stereocenters. The highest BCUT2D eigenvalue weighted by Crippen LogP contribution is 2.45. The Morgan fingerprint density at radius 2 is 0.471 bits per heavy atom. The Morgan fingerprint density at radius 3 is 0.696 bits per heavy atom. The second kappa shape index (κ2) is 72.0. The number of hydrogen-bond donors (Lipinski definition) is 3. The molecule has 0 aliphatic carbocycles. The zero-order chi connectivity index (χ0) is 75.3. The summed E-state index contributed by atoms with van der Waals surface area (Å²) in [4.78, 5) is 73.1. The quantitative estimate of drug-likeness (QED) is 0.0222. The van der Waals surface area contributed by atoms with Crippen LogP contribution in [-0.2, 0) is 65.4 Å². The number of ether oxygens (including phenoxy) is 4. The normalized spacial score (nSPS) is 14.5. The summed E-state index contributed by atoms with van der Waals surface area (Å²) < 4.78 is 68.7. The van der Waals surface area contributed by atoms with Crippen molar-refractivity contribution in [1.29, 1.82) is 0 Å². The Morgan fingerprint density at radius 1 is 0.275 bits per heavy atom. The molecule has 3 N–H and O–H groups in total. The zero-order valence-corrected chi connectivity index (χ0v) is 69.0. The lowest BCUT2D eigenvalue weighted by Gasteiger charge is -2.21. The van der Waals surface area contributed by atoms with Gasteiger partial charge in [-0.25, -0.2) is 9.13 Å². The van der Waals surface area contributed by atoms with E-state index in [1.807, 2.05) is 0 Å². The molecule has 7 atom stereocenters. The summed E-state index contributed by atoms with van der Waals surface area (Å²) in [6.07, 6.45) is 59.8. The Kier molecular flexibility index (Phi) is 70.6. The van der Waals surface area contributed by atoms with Crippen molar-refractivity contribution < 1.29 is 80.2 Å². The third-order valence-electron chi connectivity index (χ3n) is 20.0. The second-order valence-electron chi connectivity index (χ2n) is 31.3. The number of phosphoric acid groups is 2. The molecular formula is C83H162O17P2. The van der Waals surface area contributed by atoms with E-state index in [9.17, 15) is 43.2 Å². The van der Waals surface area contributed by atoms with E-state index in [1.165, 1.54) is 225 Å². The van der Waals surface area contributed by atoms with Crippen molar-refractivity contribution in [1.82, 2.24) is 0 Å². The van der Waals surface area contributed by atoms with Crippen LogP contribution in [0.5, 0.6) is 0 Å². The second-order valence-corrected chi connectivity index (χ2v) is 34.2. The van der Waals surface area contributed by atoms with Gasteiger partial charge in [0.05, 0.1) is 26.4 Å². The minimum Gasteiger partial charge on any atom is -0.462 e. The molecule has 17 nitrogen and oxygen atoms in total. The van der Waals surface area contributed by atoms with Gasteiger partial charge in [0, 0.05) is 25.7 Å². The predicted molar refractivity (Wildman–Crippen MR) is 418 cm³/mol. The van der Waals surface area contributed by atoms with E-state index in [0.717, 1.165) is 120 Å². The molecule has 0 radical (unpaired) electrons. The van der Waals surface area contributed by atoms with Crippen molar-refractivity contribution in [2.75, 3.05) is 39.6 Å². The molecule has 102 heavy (non-hydrogen) atoms. The molecular weight excluding hydrogens is 1330 g/mol. The first-order valence-electron chi connectivity index (χ1n) is 42.8. The largest absolute Gasteiger partial charge is 0.472 e. The van der Waals surface area contributed by atoms with Gasteiger partial charge < -0.3 is 33.8 Å². The van der Waals surface area contributed by atoms with E-state index in [0.29, 0.717) is 25.7 Å². The molecule has 0 saturated carbocycles. The Balaban J connectivity index is 5.19. The molecule has 0 aromatic carbocycles. The maximum Gasteiger partial charge on any atom is 0.472 e. The lowest BCUT2D eigenvalue weighted by Crippen LogP contribution is -2.30. The predicted octanol–water partition coefficient (Wildman–Crippen LogP) is 24.8. The highest BCUT2D eigenvalue weighted by Gasteiger charge is 2.30. The van der Waals surface area contributed by atoms with Gasteiger partial charge in [-0.2, -0.15) is 0 Å². The Bertz CT molecular complexity index is 1990. The fourth-order valence-corrected chi connectivity index (χ4v) is 14.3. The van der Waals surface area contributed by atoms with Crippen molar-refractivity contribution in [3.63, 3.8) is 0 Å². The molecule has 0 bridgehead atoms. The van der Waals surface area contributed by atoms with Gasteiger partial charge in [-0.05, 0) is 49.4 Å². The summed E-state index contributed by atoms with van der Waals surface area (Å²) >= 11 is 0. The Hall–Kier alpha value is -1.94. The summed E-state index contributed by atoms with van der Waals surface area (Å²) in [5.41, 5.74) is 0. The number of rotatable bonds is 80. The van der Waals surface area contributed by atoms with Crippen LogP contribution in [0.2, 0.25) is 0 Å². The van der Waals surface area contributed by atoms with Gasteiger partial charge in [-0.1, -0.05) is 376 Å². The molecule has 0 aliphatic heterocycles. The van der Waals surface area contributed by atoms with Gasteiger partial charge in [0.15, 0.2) is 12.2 Å². The number of carbonyl (C=O) groups excluding carboxylic acids is 4. The van der Waals surface area contributed by atoms with Crippen molar-refractivity contribution in [2.24, 2.45) is 23.7 Å². The summed E-state index contributed by atoms with van der Waals surface area (Å²) in [6, 6.07) is 0. The minimum absolute atomic E-state index is 0.107.